The highest BCUT2D eigenvalue weighted by atomic mass is 35.5. The Labute approximate surface area is 116 Å². The first-order valence-electron chi connectivity index (χ1n) is 5.82. The van der Waals surface area contributed by atoms with E-state index in [-0.39, 0.29) is 17.7 Å². The van der Waals surface area contributed by atoms with Crippen LogP contribution in [-0.2, 0) is 6.42 Å². The Balaban J connectivity index is 2.06. The summed E-state index contributed by atoms with van der Waals surface area (Å²) in [5.74, 6) is -0.237. The molecule has 2 aromatic rings. The fourth-order valence-corrected chi connectivity index (χ4v) is 1.80. The van der Waals surface area contributed by atoms with Crippen molar-refractivity contribution in [2.45, 2.75) is 6.42 Å². The maximum atomic E-state index is 11.9. The van der Waals surface area contributed by atoms with Crippen molar-refractivity contribution < 1.29 is 9.90 Å². The van der Waals surface area contributed by atoms with Crippen LogP contribution in [0.5, 0.6) is 0 Å². The van der Waals surface area contributed by atoms with Crippen molar-refractivity contribution in [1.29, 1.82) is 0 Å². The average molecular weight is 277 g/mol. The van der Waals surface area contributed by atoms with Gasteiger partial charge in [0, 0.05) is 24.1 Å². The van der Waals surface area contributed by atoms with Crippen LogP contribution in [0.2, 0.25) is 5.15 Å². The van der Waals surface area contributed by atoms with Crippen LogP contribution in [0, 0.1) is 0 Å². The van der Waals surface area contributed by atoms with Crippen LogP contribution in [-0.4, -0.2) is 22.6 Å². The molecule has 0 aliphatic carbocycles. The molecule has 2 rings (SSSR count). The predicted octanol–water partition coefficient (Wildman–Crippen LogP) is 2.52. The molecule has 0 aliphatic heterocycles. The zero-order valence-electron chi connectivity index (χ0n) is 10.1. The van der Waals surface area contributed by atoms with E-state index in [4.69, 9.17) is 16.7 Å². The number of hydrogen-bond acceptors (Lipinski definition) is 3. The number of carbonyl (C=O) groups is 1. The van der Waals surface area contributed by atoms with E-state index in [1.54, 1.807) is 18.2 Å². The van der Waals surface area contributed by atoms with Crippen LogP contribution in [0.3, 0.4) is 0 Å². The van der Waals surface area contributed by atoms with Gasteiger partial charge in [0.15, 0.2) is 0 Å². The van der Waals surface area contributed by atoms with E-state index in [1.807, 2.05) is 12.1 Å². The van der Waals surface area contributed by atoms with Crippen molar-refractivity contribution in [3.8, 4) is 0 Å². The largest absolute Gasteiger partial charge is 0.396 e. The summed E-state index contributed by atoms with van der Waals surface area (Å²) in [5, 5.41) is 11.9. The second-order valence-electron chi connectivity index (χ2n) is 3.99. The lowest BCUT2D eigenvalue weighted by Crippen LogP contribution is -2.11. The zero-order chi connectivity index (χ0) is 13.7. The van der Waals surface area contributed by atoms with Gasteiger partial charge in [-0.05, 0) is 36.2 Å². The molecule has 1 aromatic heterocycles. The van der Waals surface area contributed by atoms with E-state index < -0.39 is 0 Å². The molecule has 0 fully saturated rings. The Hall–Kier alpha value is -1.91. The number of aliphatic hydroxyl groups is 1. The molecule has 0 unspecified atom stereocenters. The highest BCUT2D eigenvalue weighted by Gasteiger charge is 2.06. The average Bonchev–Trinajstić information content (AvgIpc) is 2.41. The van der Waals surface area contributed by atoms with Crippen molar-refractivity contribution in [2.75, 3.05) is 11.9 Å². The van der Waals surface area contributed by atoms with Gasteiger partial charge >= 0.3 is 0 Å². The fraction of sp³-hybridized carbons (Fsp3) is 0.143. The van der Waals surface area contributed by atoms with Crippen molar-refractivity contribution in [3.05, 3.63) is 58.9 Å². The molecule has 4 nitrogen and oxygen atoms in total. The summed E-state index contributed by atoms with van der Waals surface area (Å²) in [6.45, 7) is 0.112. The lowest BCUT2D eigenvalue weighted by atomic mass is 10.1. The number of pyridine rings is 1. The Kier molecular flexibility index (Phi) is 4.49. The first-order valence-corrected chi connectivity index (χ1v) is 6.19. The summed E-state index contributed by atoms with van der Waals surface area (Å²) in [7, 11) is 0. The third kappa shape index (κ3) is 3.77. The SMILES string of the molecule is O=C(Nc1ccc(CCO)cc1)c1ccnc(Cl)c1. The molecular formula is C14H13ClN2O2. The quantitative estimate of drug-likeness (QED) is 0.844. The summed E-state index contributed by atoms with van der Waals surface area (Å²) in [6.07, 6.45) is 2.09. The van der Waals surface area contributed by atoms with E-state index in [2.05, 4.69) is 10.3 Å². The van der Waals surface area contributed by atoms with Gasteiger partial charge in [0.1, 0.15) is 5.15 Å². The number of benzene rings is 1. The normalized spacial score (nSPS) is 10.2. The topological polar surface area (TPSA) is 62.2 Å². The second kappa shape index (κ2) is 6.31. The van der Waals surface area contributed by atoms with E-state index in [0.717, 1.165) is 5.56 Å². The van der Waals surface area contributed by atoms with Gasteiger partial charge in [-0.2, -0.15) is 0 Å². The van der Waals surface area contributed by atoms with Crippen LogP contribution in [0.4, 0.5) is 5.69 Å². The number of rotatable bonds is 4. The fourth-order valence-electron chi connectivity index (χ4n) is 1.63. The van der Waals surface area contributed by atoms with Crippen molar-refractivity contribution >= 4 is 23.2 Å². The molecular weight excluding hydrogens is 264 g/mol. The Morgan fingerprint density at radius 2 is 2.00 bits per heavy atom. The summed E-state index contributed by atoms with van der Waals surface area (Å²) in [5.41, 5.74) is 2.17. The van der Waals surface area contributed by atoms with E-state index in [1.165, 1.54) is 12.3 Å². The van der Waals surface area contributed by atoms with Gasteiger partial charge in [0.05, 0.1) is 0 Å². The summed E-state index contributed by atoms with van der Waals surface area (Å²) < 4.78 is 0. The van der Waals surface area contributed by atoms with Gasteiger partial charge in [-0.1, -0.05) is 23.7 Å². The molecule has 0 spiro atoms. The lowest BCUT2D eigenvalue weighted by molar-refractivity contribution is 0.102. The van der Waals surface area contributed by atoms with Crippen LogP contribution in [0.1, 0.15) is 15.9 Å². The summed E-state index contributed by atoms with van der Waals surface area (Å²) in [6, 6.07) is 10.4. The highest BCUT2D eigenvalue weighted by Crippen LogP contribution is 2.13. The third-order valence-corrected chi connectivity index (χ3v) is 2.81. The molecule has 0 atom stereocenters. The minimum absolute atomic E-state index is 0.112. The maximum absolute atomic E-state index is 11.9. The van der Waals surface area contributed by atoms with E-state index in [9.17, 15) is 4.79 Å². The molecule has 0 aliphatic rings. The molecule has 1 aromatic carbocycles. The van der Waals surface area contributed by atoms with Gasteiger partial charge in [0.25, 0.3) is 5.91 Å². The molecule has 19 heavy (non-hydrogen) atoms. The minimum Gasteiger partial charge on any atom is -0.396 e. The highest BCUT2D eigenvalue weighted by molar-refractivity contribution is 6.29. The molecule has 0 bridgehead atoms. The Morgan fingerprint density at radius 3 is 2.63 bits per heavy atom. The van der Waals surface area contributed by atoms with Gasteiger partial charge in [-0.25, -0.2) is 4.98 Å². The zero-order valence-corrected chi connectivity index (χ0v) is 10.9. The Bertz CT molecular complexity index is 570. The number of aliphatic hydroxyl groups excluding tert-OH is 1. The van der Waals surface area contributed by atoms with Crippen LogP contribution < -0.4 is 5.32 Å². The third-order valence-electron chi connectivity index (χ3n) is 2.60. The predicted molar refractivity (Wildman–Crippen MR) is 74.4 cm³/mol. The van der Waals surface area contributed by atoms with Gasteiger partial charge in [-0.3, -0.25) is 4.79 Å². The molecule has 1 heterocycles. The van der Waals surface area contributed by atoms with E-state index in [0.29, 0.717) is 17.7 Å². The van der Waals surface area contributed by atoms with Gasteiger partial charge < -0.3 is 10.4 Å². The molecule has 2 N–H and O–H groups in total. The van der Waals surface area contributed by atoms with Crippen molar-refractivity contribution in [1.82, 2.24) is 4.98 Å². The number of nitrogens with zero attached hydrogens (tertiary/aromatic N) is 1. The number of anilines is 1. The van der Waals surface area contributed by atoms with E-state index >= 15 is 0 Å². The van der Waals surface area contributed by atoms with Gasteiger partial charge in [-0.15, -0.1) is 0 Å². The van der Waals surface area contributed by atoms with Crippen molar-refractivity contribution in [2.24, 2.45) is 0 Å². The van der Waals surface area contributed by atoms with Crippen LogP contribution >= 0.6 is 11.6 Å². The van der Waals surface area contributed by atoms with Crippen LogP contribution in [0.25, 0.3) is 0 Å². The first kappa shape index (κ1) is 13.5. The van der Waals surface area contributed by atoms with Gasteiger partial charge in [0.2, 0.25) is 0 Å². The molecule has 0 saturated heterocycles. The second-order valence-corrected chi connectivity index (χ2v) is 4.38. The molecule has 0 radical (unpaired) electrons. The number of nitrogens with one attached hydrogen (secondary N) is 1. The summed E-state index contributed by atoms with van der Waals surface area (Å²) >= 11 is 5.73. The lowest BCUT2D eigenvalue weighted by Gasteiger charge is -2.06. The number of hydrogen-bond donors (Lipinski definition) is 2. The maximum Gasteiger partial charge on any atom is 0.255 e. The molecule has 98 valence electrons. The Morgan fingerprint density at radius 1 is 1.26 bits per heavy atom. The van der Waals surface area contributed by atoms with Crippen LogP contribution in [0.15, 0.2) is 42.6 Å². The minimum atomic E-state index is -0.237. The van der Waals surface area contributed by atoms with Crippen molar-refractivity contribution in [3.63, 3.8) is 0 Å². The molecule has 1 amide bonds. The number of halogens is 1. The summed E-state index contributed by atoms with van der Waals surface area (Å²) in [4.78, 5) is 15.8. The number of amides is 1. The number of carbonyl (C=O) groups excluding carboxylic acids is 1. The molecule has 0 saturated carbocycles. The monoisotopic (exact) mass is 276 g/mol. The number of aromatic nitrogens is 1. The molecule has 5 heteroatoms. The smallest absolute Gasteiger partial charge is 0.255 e. The standard InChI is InChI=1S/C14H13ClN2O2/c15-13-9-11(5-7-16-13)14(19)17-12-3-1-10(2-4-12)6-8-18/h1-5,7,9,18H,6,8H2,(H,17,19). The first-order chi connectivity index (χ1) is 9.19.